The number of rotatable bonds is 4. The minimum absolute atomic E-state index is 0.301. The summed E-state index contributed by atoms with van der Waals surface area (Å²) in [6.07, 6.45) is 6.32. The Morgan fingerprint density at radius 1 is 1.33 bits per heavy atom. The predicted molar refractivity (Wildman–Crippen MR) is 61.9 cm³/mol. The lowest BCUT2D eigenvalue weighted by Gasteiger charge is -2.33. The van der Waals surface area contributed by atoms with Gasteiger partial charge in [-0.1, -0.05) is 6.42 Å². The van der Waals surface area contributed by atoms with Gasteiger partial charge in [0.05, 0.1) is 0 Å². The summed E-state index contributed by atoms with van der Waals surface area (Å²) < 4.78 is 0. The third-order valence-electron chi connectivity index (χ3n) is 3.92. The Labute approximate surface area is 92.8 Å². The van der Waals surface area contributed by atoms with Gasteiger partial charge < -0.3 is 10.4 Å². The van der Waals surface area contributed by atoms with Crippen molar-refractivity contribution in [1.82, 2.24) is 10.2 Å². The summed E-state index contributed by atoms with van der Waals surface area (Å²) in [4.78, 5) is 2.65. The summed E-state index contributed by atoms with van der Waals surface area (Å²) in [5, 5.41) is 12.6. The molecule has 0 saturated carbocycles. The first-order chi connectivity index (χ1) is 7.31. The maximum atomic E-state index is 8.89. The van der Waals surface area contributed by atoms with E-state index >= 15 is 0 Å². The number of piperidine rings is 1. The van der Waals surface area contributed by atoms with Crippen molar-refractivity contribution >= 4 is 0 Å². The molecule has 2 heterocycles. The van der Waals surface area contributed by atoms with Crippen LogP contribution in [0.15, 0.2) is 0 Å². The summed E-state index contributed by atoms with van der Waals surface area (Å²) in [5.74, 6) is 0. The van der Waals surface area contributed by atoms with Gasteiger partial charge in [-0.25, -0.2) is 0 Å². The lowest BCUT2D eigenvalue weighted by atomic mass is 9.98. The van der Waals surface area contributed by atoms with Crippen molar-refractivity contribution in [2.45, 2.75) is 57.2 Å². The molecule has 2 saturated heterocycles. The summed E-state index contributed by atoms with van der Waals surface area (Å²) in [6.45, 7) is 5.06. The Morgan fingerprint density at radius 3 is 3.00 bits per heavy atom. The Hall–Kier alpha value is -0.120. The summed E-state index contributed by atoms with van der Waals surface area (Å²) >= 11 is 0. The molecule has 0 aromatic carbocycles. The second kappa shape index (κ2) is 5.28. The zero-order valence-corrected chi connectivity index (χ0v) is 9.78. The molecule has 0 aliphatic carbocycles. The van der Waals surface area contributed by atoms with E-state index in [1.54, 1.807) is 0 Å². The monoisotopic (exact) mass is 212 g/mol. The van der Waals surface area contributed by atoms with E-state index in [0.29, 0.717) is 18.7 Å². The van der Waals surface area contributed by atoms with Crippen molar-refractivity contribution in [1.29, 1.82) is 0 Å². The highest BCUT2D eigenvalue weighted by molar-refractivity contribution is 4.94. The van der Waals surface area contributed by atoms with Crippen LogP contribution in [0.5, 0.6) is 0 Å². The number of nitrogens with one attached hydrogen (secondary N) is 1. The summed E-state index contributed by atoms with van der Waals surface area (Å²) in [5.41, 5.74) is 0. The van der Waals surface area contributed by atoms with Crippen LogP contribution in [0.4, 0.5) is 0 Å². The Kier molecular flexibility index (Phi) is 4.00. The fourth-order valence-electron chi connectivity index (χ4n) is 3.08. The minimum atomic E-state index is 0.301. The third kappa shape index (κ3) is 2.71. The molecule has 0 radical (unpaired) electrons. The number of hydrogen-bond donors (Lipinski definition) is 2. The van der Waals surface area contributed by atoms with E-state index in [0.717, 1.165) is 12.5 Å². The summed E-state index contributed by atoms with van der Waals surface area (Å²) in [7, 11) is 0. The van der Waals surface area contributed by atoms with Gasteiger partial charge in [0.15, 0.2) is 0 Å². The normalized spacial score (nSPS) is 34.0. The van der Waals surface area contributed by atoms with E-state index in [-0.39, 0.29) is 0 Å². The Bertz CT molecular complexity index is 198. The molecule has 3 heteroatoms. The van der Waals surface area contributed by atoms with Gasteiger partial charge in [0.2, 0.25) is 0 Å². The first-order valence-electron chi connectivity index (χ1n) is 6.42. The van der Waals surface area contributed by atoms with Crippen molar-refractivity contribution in [3.05, 3.63) is 0 Å². The average Bonchev–Trinajstić information content (AvgIpc) is 2.62. The molecule has 3 unspecified atom stereocenters. The van der Waals surface area contributed by atoms with E-state index in [2.05, 4.69) is 17.1 Å². The molecule has 0 spiro atoms. The van der Waals surface area contributed by atoms with E-state index in [9.17, 15) is 0 Å². The van der Waals surface area contributed by atoms with E-state index < -0.39 is 0 Å². The highest BCUT2D eigenvalue weighted by atomic mass is 16.3. The quantitative estimate of drug-likeness (QED) is 0.729. The molecule has 2 aliphatic heterocycles. The van der Waals surface area contributed by atoms with Gasteiger partial charge in [-0.05, 0) is 39.2 Å². The van der Waals surface area contributed by atoms with Crippen molar-refractivity contribution in [2.75, 3.05) is 19.7 Å². The molecule has 2 fully saturated rings. The van der Waals surface area contributed by atoms with Gasteiger partial charge in [-0.3, -0.25) is 4.90 Å². The zero-order valence-electron chi connectivity index (χ0n) is 9.78. The molecule has 0 amide bonds. The van der Waals surface area contributed by atoms with Crippen molar-refractivity contribution in [3.8, 4) is 0 Å². The standard InChI is InChI=1S/C12H24N2O/c1-10(6-9-15)13-11-5-8-14-7-3-2-4-12(11)14/h10-13,15H,2-9H2,1H3. The number of hydrogen-bond acceptors (Lipinski definition) is 3. The van der Waals surface area contributed by atoms with Gasteiger partial charge in [-0.2, -0.15) is 0 Å². The molecule has 3 nitrogen and oxygen atoms in total. The van der Waals surface area contributed by atoms with Crippen molar-refractivity contribution < 1.29 is 5.11 Å². The lowest BCUT2D eigenvalue weighted by Crippen LogP contribution is -2.47. The number of aliphatic hydroxyl groups excluding tert-OH is 1. The summed E-state index contributed by atoms with van der Waals surface area (Å²) in [6, 6.07) is 1.91. The van der Waals surface area contributed by atoms with Gasteiger partial charge >= 0.3 is 0 Å². The lowest BCUT2D eigenvalue weighted by molar-refractivity contribution is 0.173. The molecular formula is C12H24N2O. The van der Waals surface area contributed by atoms with Crippen LogP contribution in [-0.2, 0) is 0 Å². The Balaban J connectivity index is 1.82. The molecule has 0 aromatic heterocycles. The first kappa shape index (κ1) is 11.4. The van der Waals surface area contributed by atoms with Gasteiger partial charge in [0.1, 0.15) is 0 Å². The molecule has 2 rings (SSSR count). The molecule has 3 atom stereocenters. The molecule has 15 heavy (non-hydrogen) atoms. The SMILES string of the molecule is CC(CCO)NC1CCN2CCCCC12. The van der Waals surface area contributed by atoms with Crippen LogP contribution >= 0.6 is 0 Å². The maximum Gasteiger partial charge on any atom is 0.0445 e. The maximum absolute atomic E-state index is 8.89. The second-order valence-electron chi connectivity index (χ2n) is 5.07. The smallest absolute Gasteiger partial charge is 0.0445 e. The van der Waals surface area contributed by atoms with Crippen LogP contribution in [0.3, 0.4) is 0 Å². The molecule has 0 aromatic rings. The van der Waals surface area contributed by atoms with Crippen LogP contribution in [0.1, 0.15) is 39.0 Å². The number of fused-ring (bicyclic) bond motifs is 1. The van der Waals surface area contributed by atoms with Gasteiger partial charge in [0.25, 0.3) is 0 Å². The first-order valence-corrected chi connectivity index (χ1v) is 6.42. The fourth-order valence-corrected chi connectivity index (χ4v) is 3.08. The highest BCUT2D eigenvalue weighted by Crippen LogP contribution is 2.27. The van der Waals surface area contributed by atoms with Gasteiger partial charge in [-0.15, -0.1) is 0 Å². The fraction of sp³-hybridized carbons (Fsp3) is 1.00. The van der Waals surface area contributed by atoms with Crippen LogP contribution in [0.2, 0.25) is 0 Å². The molecular weight excluding hydrogens is 188 g/mol. The molecule has 2 N–H and O–H groups in total. The van der Waals surface area contributed by atoms with E-state index in [4.69, 9.17) is 5.11 Å². The van der Waals surface area contributed by atoms with Crippen molar-refractivity contribution in [2.24, 2.45) is 0 Å². The predicted octanol–water partition coefficient (Wildman–Crippen LogP) is 0.974. The third-order valence-corrected chi connectivity index (χ3v) is 3.92. The molecule has 88 valence electrons. The van der Waals surface area contributed by atoms with Crippen LogP contribution in [0, 0.1) is 0 Å². The second-order valence-corrected chi connectivity index (χ2v) is 5.07. The van der Waals surface area contributed by atoms with Crippen LogP contribution in [0.25, 0.3) is 0 Å². The van der Waals surface area contributed by atoms with E-state index in [1.807, 2.05) is 0 Å². The topological polar surface area (TPSA) is 35.5 Å². The number of aliphatic hydroxyl groups is 1. The average molecular weight is 212 g/mol. The molecule has 0 bridgehead atoms. The molecule has 2 aliphatic rings. The van der Waals surface area contributed by atoms with Crippen LogP contribution in [-0.4, -0.2) is 47.8 Å². The van der Waals surface area contributed by atoms with Crippen LogP contribution < -0.4 is 5.32 Å². The van der Waals surface area contributed by atoms with Crippen molar-refractivity contribution in [3.63, 3.8) is 0 Å². The van der Waals surface area contributed by atoms with E-state index in [1.165, 1.54) is 38.8 Å². The minimum Gasteiger partial charge on any atom is -0.396 e. The Morgan fingerprint density at radius 2 is 2.20 bits per heavy atom. The zero-order chi connectivity index (χ0) is 10.7. The number of nitrogens with zero attached hydrogens (tertiary/aromatic N) is 1. The largest absolute Gasteiger partial charge is 0.396 e. The van der Waals surface area contributed by atoms with Gasteiger partial charge in [0, 0.05) is 31.3 Å². The highest BCUT2D eigenvalue weighted by Gasteiger charge is 2.35.